The smallest absolute Gasteiger partial charge is 0.0512 e. The van der Waals surface area contributed by atoms with E-state index in [9.17, 15) is 0 Å². The van der Waals surface area contributed by atoms with E-state index in [-0.39, 0.29) is 5.54 Å². The van der Waals surface area contributed by atoms with Gasteiger partial charge in [0.25, 0.3) is 0 Å². The predicted octanol–water partition coefficient (Wildman–Crippen LogP) is 2.91. The van der Waals surface area contributed by atoms with E-state index in [1.54, 1.807) is 0 Å². The Morgan fingerprint density at radius 1 is 1.29 bits per heavy atom. The van der Waals surface area contributed by atoms with Gasteiger partial charge in [-0.25, -0.2) is 0 Å². The van der Waals surface area contributed by atoms with Gasteiger partial charge in [-0.2, -0.15) is 0 Å². The van der Waals surface area contributed by atoms with E-state index in [0.717, 1.165) is 13.0 Å². The lowest BCUT2D eigenvalue weighted by Gasteiger charge is -2.31. The van der Waals surface area contributed by atoms with Crippen LogP contribution < -0.4 is 5.32 Å². The summed E-state index contributed by atoms with van der Waals surface area (Å²) in [5.74, 6) is 0. The van der Waals surface area contributed by atoms with Gasteiger partial charge in [0.2, 0.25) is 0 Å². The van der Waals surface area contributed by atoms with Crippen LogP contribution in [0.4, 0.5) is 0 Å². The zero-order valence-corrected chi connectivity index (χ0v) is 11.1. The van der Waals surface area contributed by atoms with Crippen LogP contribution in [0.2, 0.25) is 0 Å². The monoisotopic (exact) mass is 228 g/mol. The molecule has 1 aliphatic heterocycles. The van der Waals surface area contributed by atoms with E-state index in [0.29, 0.717) is 0 Å². The van der Waals surface area contributed by atoms with Gasteiger partial charge in [0, 0.05) is 30.2 Å². The van der Waals surface area contributed by atoms with Crippen molar-refractivity contribution in [3.05, 3.63) is 35.0 Å². The Bertz CT molecular complexity index is 590. The minimum atomic E-state index is 0.213. The Kier molecular flexibility index (Phi) is 2.14. The van der Waals surface area contributed by atoms with Gasteiger partial charge in [0.1, 0.15) is 0 Å². The van der Waals surface area contributed by atoms with Crippen LogP contribution in [0.1, 0.15) is 30.7 Å². The summed E-state index contributed by atoms with van der Waals surface area (Å²) in [7, 11) is 2.19. The molecule has 1 aromatic carbocycles. The van der Waals surface area contributed by atoms with Crippen LogP contribution in [0.3, 0.4) is 0 Å². The van der Waals surface area contributed by atoms with Crippen molar-refractivity contribution >= 4 is 10.9 Å². The molecule has 0 unspecified atom stereocenters. The summed E-state index contributed by atoms with van der Waals surface area (Å²) < 4.78 is 2.36. The summed E-state index contributed by atoms with van der Waals surface area (Å²) in [5.41, 5.74) is 5.98. The fraction of sp³-hybridized carbons (Fsp3) is 0.467. The quantitative estimate of drug-likeness (QED) is 0.733. The summed E-state index contributed by atoms with van der Waals surface area (Å²) in [6, 6.07) is 6.64. The number of hydrogen-bond acceptors (Lipinski definition) is 1. The maximum Gasteiger partial charge on any atom is 0.0512 e. The molecule has 0 saturated carbocycles. The van der Waals surface area contributed by atoms with Crippen molar-refractivity contribution in [1.29, 1.82) is 0 Å². The van der Waals surface area contributed by atoms with E-state index in [1.165, 1.54) is 27.7 Å². The molecule has 0 amide bonds. The van der Waals surface area contributed by atoms with E-state index < -0.39 is 0 Å². The summed E-state index contributed by atoms with van der Waals surface area (Å²) in [6.07, 6.45) is 1.11. The summed E-state index contributed by atoms with van der Waals surface area (Å²) in [5, 5.41) is 5.06. The number of benzene rings is 1. The number of aromatic nitrogens is 1. The van der Waals surface area contributed by atoms with E-state index in [4.69, 9.17) is 0 Å². The van der Waals surface area contributed by atoms with Gasteiger partial charge < -0.3 is 9.88 Å². The fourth-order valence-electron chi connectivity index (χ4n) is 3.09. The number of nitrogens with one attached hydrogen (secondary N) is 1. The van der Waals surface area contributed by atoms with Crippen LogP contribution in [0.5, 0.6) is 0 Å². The zero-order chi connectivity index (χ0) is 12.2. The molecule has 2 aromatic rings. The molecule has 1 N–H and O–H groups in total. The van der Waals surface area contributed by atoms with Crippen LogP contribution in [-0.2, 0) is 20.0 Å². The van der Waals surface area contributed by atoms with Gasteiger partial charge in [-0.3, -0.25) is 0 Å². The molecule has 2 nitrogen and oxygen atoms in total. The first-order valence-corrected chi connectivity index (χ1v) is 6.30. The molecule has 3 rings (SSSR count). The lowest BCUT2D eigenvalue weighted by Crippen LogP contribution is -2.44. The Morgan fingerprint density at radius 3 is 2.82 bits per heavy atom. The molecule has 0 spiro atoms. The first kappa shape index (κ1) is 10.8. The number of fused-ring (bicyclic) bond motifs is 3. The maximum absolute atomic E-state index is 3.61. The lowest BCUT2D eigenvalue weighted by molar-refractivity contribution is 0.357. The van der Waals surface area contributed by atoms with Crippen molar-refractivity contribution in [3.63, 3.8) is 0 Å². The highest BCUT2D eigenvalue weighted by Crippen LogP contribution is 2.33. The third kappa shape index (κ3) is 1.51. The van der Waals surface area contributed by atoms with E-state index in [1.807, 2.05) is 0 Å². The average molecular weight is 228 g/mol. The third-order valence-electron chi connectivity index (χ3n) is 4.00. The van der Waals surface area contributed by atoms with Gasteiger partial charge in [-0.1, -0.05) is 18.2 Å². The number of para-hydroxylation sites is 1. The van der Waals surface area contributed by atoms with Crippen molar-refractivity contribution in [1.82, 2.24) is 9.88 Å². The highest BCUT2D eigenvalue weighted by Gasteiger charge is 2.28. The lowest BCUT2D eigenvalue weighted by atomic mass is 9.89. The van der Waals surface area contributed by atoms with Crippen LogP contribution in [0.15, 0.2) is 18.2 Å². The largest absolute Gasteiger partial charge is 0.346 e. The highest BCUT2D eigenvalue weighted by atomic mass is 15.0. The molecule has 0 saturated heterocycles. The first-order chi connectivity index (χ1) is 7.99. The van der Waals surface area contributed by atoms with Crippen molar-refractivity contribution in [2.24, 2.45) is 7.05 Å². The molecule has 17 heavy (non-hydrogen) atoms. The molecule has 90 valence electrons. The molecule has 0 fully saturated rings. The van der Waals surface area contributed by atoms with Crippen molar-refractivity contribution in [2.75, 3.05) is 0 Å². The molecule has 2 heterocycles. The van der Waals surface area contributed by atoms with Crippen molar-refractivity contribution in [2.45, 2.75) is 39.3 Å². The Labute approximate surface area is 103 Å². The van der Waals surface area contributed by atoms with Crippen LogP contribution >= 0.6 is 0 Å². The van der Waals surface area contributed by atoms with Crippen LogP contribution in [0.25, 0.3) is 10.9 Å². The van der Waals surface area contributed by atoms with E-state index >= 15 is 0 Å². The maximum atomic E-state index is 3.61. The second-order valence-electron chi connectivity index (χ2n) is 5.87. The average Bonchev–Trinajstić information content (AvgIpc) is 2.52. The molecule has 2 heteroatoms. The minimum Gasteiger partial charge on any atom is -0.346 e. The number of aryl methyl sites for hydroxylation is 2. The number of rotatable bonds is 0. The Morgan fingerprint density at radius 2 is 2.06 bits per heavy atom. The topological polar surface area (TPSA) is 17.0 Å². The first-order valence-electron chi connectivity index (χ1n) is 6.30. The normalized spacial score (nSPS) is 18.4. The number of hydrogen-bond donors (Lipinski definition) is 1. The molecule has 0 aliphatic carbocycles. The van der Waals surface area contributed by atoms with Gasteiger partial charge in [-0.15, -0.1) is 0 Å². The molecule has 0 bridgehead atoms. The second-order valence-corrected chi connectivity index (χ2v) is 5.87. The van der Waals surface area contributed by atoms with Crippen molar-refractivity contribution < 1.29 is 0 Å². The summed E-state index contributed by atoms with van der Waals surface area (Å²) >= 11 is 0. The molecule has 0 atom stereocenters. The summed E-state index contributed by atoms with van der Waals surface area (Å²) in [6.45, 7) is 7.74. The van der Waals surface area contributed by atoms with Crippen LogP contribution in [-0.4, -0.2) is 10.1 Å². The van der Waals surface area contributed by atoms with E-state index in [2.05, 4.69) is 55.9 Å². The Hall–Kier alpha value is -1.28. The second kappa shape index (κ2) is 3.36. The van der Waals surface area contributed by atoms with Gasteiger partial charge in [-0.05, 0) is 38.3 Å². The molecular weight excluding hydrogens is 208 g/mol. The number of nitrogens with zero attached hydrogens (tertiary/aromatic N) is 1. The zero-order valence-electron chi connectivity index (χ0n) is 11.1. The summed E-state index contributed by atoms with van der Waals surface area (Å²) in [4.78, 5) is 0. The molecule has 1 aromatic heterocycles. The molecular formula is C15H20N2. The predicted molar refractivity (Wildman–Crippen MR) is 72.3 cm³/mol. The third-order valence-corrected chi connectivity index (χ3v) is 4.00. The van der Waals surface area contributed by atoms with Crippen molar-refractivity contribution in [3.8, 4) is 0 Å². The standard InChI is InChI=1S/C15H20N2/c1-10-6-5-7-11-12-8-15(2,3)16-9-13(12)17(4)14(10)11/h5-7,16H,8-9H2,1-4H3. The Balaban J connectivity index is 2.33. The van der Waals surface area contributed by atoms with Gasteiger partial charge in [0.05, 0.1) is 5.52 Å². The minimum absolute atomic E-state index is 0.213. The molecule has 1 aliphatic rings. The SMILES string of the molecule is Cc1cccc2c3c(n(C)c12)CNC(C)(C)C3. The van der Waals surface area contributed by atoms with Gasteiger partial charge >= 0.3 is 0 Å². The fourth-order valence-corrected chi connectivity index (χ4v) is 3.09. The van der Waals surface area contributed by atoms with Crippen LogP contribution in [0, 0.1) is 6.92 Å². The van der Waals surface area contributed by atoms with Gasteiger partial charge in [0.15, 0.2) is 0 Å². The highest BCUT2D eigenvalue weighted by molar-refractivity contribution is 5.88. The molecule has 0 radical (unpaired) electrons.